The molecule has 6 nitrogen and oxygen atoms in total. The molecule has 0 fully saturated rings. The molecule has 0 amide bonds. The Hall–Kier alpha value is -2.89. The Labute approximate surface area is 133 Å². The largest absolute Gasteiger partial charge is 0.486 e. The lowest BCUT2D eigenvalue weighted by Gasteiger charge is -2.13. The van der Waals surface area contributed by atoms with Gasteiger partial charge < -0.3 is 9.84 Å². The maximum atomic E-state index is 11.4. The maximum Gasteiger partial charge on any atom is 0.326 e. The molecule has 3 rings (SSSR count). The van der Waals surface area contributed by atoms with Crippen molar-refractivity contribution in [1.29, 1.82) is 0 Å². The summed E-state index contributed by atoms with van der Waals surface area (Å²) in [7, 11) is 0. The van der Waals surface area contributed by atoms with Gasteiger partial charge in [-0.15, -0.1) is 0 Å². The van der Waals surface area contributed by atoms with E-state index >= 15 is 0 Å². The number of aryl methyl sites for hydroxylation is 1. The molecule has 0 aliphatic heterocycles. The number of rotatable bonds is 5. The summed E-state index contributed by atoms with van der Waals surface area (Å²) < 4.78 is 7.33. The van der Waals surface area contributed by atoms with Gasteiger partial charge in [0.1, 0.15) is 29.7 Å². The average Bonchev–Trinajstić information content (AvgIpc) is 2.90. The summed E-state index contributed by atoms with van der Waals surface area (Å²) in [5.74, 6) is 0.308. The number of hydrogen-bond acceptors (Lipinski definition) is 4. The van der Waals surface area contributed by atoms with E-state index in [4.69, 9.17) is 4.74 Å². The van der Waals surface area contributed by atoms with Crippen molar-refractivity contribution in [3.05, 3.63) is 54.0 Å². The lowest BCUT2D eigenvalue weighted by atomic mass is 10.3. The number of ether oxygens (including phenoxy) is 1. The van der Waals surface area contributed by atoms with Crippen molar-refractivity contribution in [2.24, 2.45) is 0 Å². The van der Waals surface area contributed by atoms with Crippen molar-refractivity contribution in [3.8, 4) is 5.75 Å². The Bertz CT molecular complexity index is 843. The van der Waals surface area contributed by atoms with Crippen LogP contribution < -0.4 is 4.74 Å². The highest BCUT2D eigenvalue weighted by atomic mass is 16.5. The van der Waals surface area contributed by atoms with Gasteiger partial charge in [-0.25, -0.2) is 14.8 Å². The normalized spacial score (nSPS) is 12.3. The van der Waals surface area contributed by atoms with Crippen LogP contribution >= 0.6 is 0 Å². The molecule has 0 saturated carbocycles. The Balaban J connectivity index is 2.00. The van der Waals surface area contributed by atoms with Gasteiger partial charge in [-0.2, -0.15) is 0 Å². The first kappa shape index (κ1) is 15.0. The van der Waals surface area contributed by atoms with Crippen molar-refractivity contribution in [2.75, 3.05) is 0 Å². The van der Waals surface area contributed by atoms with Crippen LogP contribution in [0.4, 0.5) is 0 Å². The van der Waals surface area contributed by atoms with Crippen LogP contribution in [0.5, 0.6) is 5.75 Å². The van der Waals surface area contributed by atoms with E-state index in [-0.39, 0.29) is 6.61 Å². The molecule has 1 N–H and O–H groups in total. The second-order valence-corrected chi connectivity index (χ2v) is 5.37. The lowest BCUT2D eigenvalue weighted by Crippen LogP contribution is -2.19. The number of nitrogens with zero attached hydrogens (tertiary/aromatic N) is 3. The van der Waals surface area contributed by atoms with Crippen LogP contribution in [0.25, 0.3) is 11.2 Å². The van der Waals surface area contributed by atoms with Crippen molar-refractivity contribution < 1.29 is 14.6 Å². The Kier molecular flexibility index (Phi) is 3.97. The summed E-state index contributed by atoms with van der Waals surface area (Å²) in [6.07, 6.45) is 1.71. The van der Waals surface area contributed by atoms with E-state index in [1.165, 1.54) is 0 Å². The number of para-hydroxylation sites is 1. The standard InChI is InChI=1S/C17H17N3O3/c1-11-8-14-16(18-9-11)20(12(2)17(21)22)15(19-14)10-23-13-6-4-3-5-7-13/h3-9,12H,10H2,1-2H3,(H,21,22). The van der Waals surface area contributed by atoms with E-state index in [2.05, 4.69) is 9.97 Å². The fourth-order valence-electron chi connectivity index (χ4n) is 2.41. The van der Waals surface area contributed by atoms with Gasteiger partial charge in [0.05, 0.1) is 0 Å². The van der Waals surface area contributed by atoms with Gasteiger partial charge in [0.25, 0.3) is 0 Å². The van der Waals surface area contributed by atoms with Crippen molar-refractivity contribution in [3.63, 3.8) is 0 Å². The maximum absolute atomic E-state index is 11.4. The zero-order valence-corrected chi connectivity index (χ0v) is 12.9. The fraction of sp³-hybridized carbons (Fsp3) is 0.235. The smallest absolute Gasteiger partial charge is 0.326 e. The molecule has 3 aromatic rings. The molecule has 0 aliphatic rings. The molecular weight excluding hydrogens is 294 g/mol. The van der Waals surface area contributed by atoms with E-state index in [0.29, 0.717) is 22.7 Å². The van der Waals surface area contributed by atoms with Crippen LogP contribution in [0.15, 0.2) is 42.6 Å². The number of aliphatic carboxylic acids is 1. The van der Waals surface area contributed by atoms with Crippen molar-refractivity contribution in [1.82, 2.24) is 14.5 Å². The topological polar surface area (TPSA) is 77.2 Å². The second kappa shape index (κ2) is 6.08. The number of carboxylic acid groups (broad SMARTS) is 1. The number of fused-ring (bicyclic) bond motifs is 1. The summed E-state index contributed by atoms with van der Waals surface area (Å²) >= 11 is 0. The minimum Gasteiger partial charge on any atom is -0.486 e. The van der Waals surface area contributed by atoms with Crippen LogP contribution in [0.3, 0.4) is 0 Å². The highest BCUT2D eigenvalue weighted by Gasteiger charge is 2.22. The number of carboxylic acids is 1. The molecule has 23 heavy (non-hydrogen) atoms. The zero-order chi connectivity index (χ0) is 16.4. The number of pyridine rings is 1. The van der Waals surface area contributed by atoms with E-state index in [1.54, 1.807) is 17.7 Å². The molecule has 0 saturated heterocycles. The van der Waals surface area contributed by atoms with Crippen molar-refractivity contribution >= 4 is 17.1 Å². The van der Waals surface area contributed by atoms with Crippen LogP contribution in [-0.2, 0) is 11.4 Å². The number of aromatic nitrogens is 3. The summed E-state index contributed by atoms with van der Waals surface area (Å²) in [6, 6.07) is 10.5. The van der Waals surface area contributed by atoms with Crippen LogP contribution in [-0.4, -0.2) is 25.6 Å². The predicted molar refractivity (Wildman–Crippen MR) is 85.4 cm³/mol. The van der Waals surface area contributed by atoms with Crippen molar-refractivity contribution in [2.45, 2.75) is 26.5 Å². The van der Waals surface area contributed by atoms with E-state index < -0.39 is 12.0 Å². The number of carbonyl (C=O) groups is 1. The molecule has 0 bridgehead atoms. The van der Waals surface area contributed by atoms with Gasteiger partial charge >= 0.3 is 5.97 Å². The zero-order valence-electron chi connectivity index (χ0n) is 12.9. The lowest BCUT2D eigenvalue weighted by molar-refractivity contribution is -0.140. The Morgan fingerprint density at radius 1 is 1.35 bits per heavy atom. The molecule has 2 aromatic heterocycles. The molecule has 1 aromatic carbocycles. The number of hydrogen-bond donors (Lipinski definition) is 1. The third-order valence-electron chi connectivity index (χ3n) is 3.60. The molecular formula is C17H17N3O3. The van der Waals surface area contributed by atoms with Crippen LogP contribution in [0.2, 0.25) is 0 Å². The quantitative estimate of drug-likeness (QED) is 0.784. The molecule has 0 radical (unpaired) electrons. The van der Waals surface area contributed by atoms with Gasteiger partial charge in [-0.05, 0) is 37.6 Å². The highest BCUT2D eigenvalue weighted by Crippen LogP contribution is 2.22. The molecule has 1 unspecified atom stereocenters. The Morgan fingerprint density at radius 2 is 2.09 bits per heavy atom. The highest BCUT2D eigenvalue weighted by molar-refractivity contribution is 5.77. The SMILES string of the molecule is Cc1cnc2c(c1)nc(COc1ccccc1)n2C(C)C(=O)O. The van der Waals surface area contributed by atoms with E-state index in [9.17, 15) is 9.90 Å². The molecule has 0 spiro atoms. The molecule has 1 atom stereocenters. The molecule has 118 valence electrons. The van der Waals surface area contributed by atoms with Gasteiger partial charge in [0.15, 0.2) is 5.65 Å². The summed E-state index contributed by atoms with van der Waals surface area (Å²) in [5.41, 5.74) is 2.20. The van der Waals surface area contributed by atoms with Gasteiger partial charge in [-0.1, -0.05) is 18.2 Å². The molecule has 6 heteroatoms. The first-order valence-electron chi connectivity index (χ1n) is 7.30. The number of benzene rings is 1. The number of imidazole rings is 1. The third kappa shape index (κ3) is 3.01. The van der Waals surface area contributed by atoms with Crippen LogP contribution in [0, 0.1) is 6.92 Å². The second-order valence-electron chi connectivity index (χ2n) is 5.37. The van der Waals surface area contributed by atoms with Crippen LogP contribution in [0.1, 0.15) is 24.4 Å². The monoisotopic (exact) mass is 311 g/mol. The van der Waals surface area contributed by atoms with E-state index in [1.807, 2.05) is 43.3 Å². The predicted octanol–water partition coefficient (Wildman–Crippen LogP) is 2.96. The van der Waals surface area contributed by atoms with E-state index in [0.717, 1.165) is 5.56 Å². The Morgan fingerprint density at radius 3 is 2.78 bits per heavy atom. The first-order chi connectivity index (χ1) is 11.1. The summed E-state index contributed by atoms with van der Waals surface area (Å²) in [4.78, 5) is 20.3. The molecule has 0 aliphatic carbocycles. The minimum atomic E-state index is -0.937. The minimum absolute atomic E-state index is 0.178. The first-order valence-corrected chi connectivity index (χ1v) is 7.30. The molecule has 2 heterocycles. The van der Waals surface area contributed by atoms with Gasteiger partial charge in [0, 0.05) is 6.20 Å². The third-order valence-corrected chi connectivity index (χ3v) is 3.60. The summed E-state index contributed by atoms with van der Waals surface area (Å²) in [6.45, 7) is 3.71. The van der Waals surface area contributed by atoms with Gasteiger partial charge in [0.2, 0.25) is 0 Å². The average molecular weight is 311 g/mol. The van der Waals surface area contributed by atoms with Gasteiger partial charge in [-0.3, -0.25) is 4.57 Å². The summed E-state index contributed by atoms with van der Waals surface area (Å²) in [5, 5.41) is 9.36. The fourth-order valence-corrected chi connectivity index (χ4v) is 2.41.